The first-order valence-corrected chi connectivity index (χ1v) is 9.88. The van der Waals surface area contributed by atoms with Gasteiger partial charge in [-0.25, -0.2) is 0 Å². The van der Waals surface area contributed by atoms with E-state index in [1.807, 2.05) is 18.3 Å². The number of rotatable bonds is 4. The molecule has 2 aliphatic rings. The molecule has 0 saturated carbocycles. The Balaban J connectivity index is 1.40. The molecule has 1 atom stereocenters. The fraction of sp³-hybridized carbons (Fsp3) is 0.409. The number of hydrogen-bond acceptors (Lipinski definition) is 4. The molecule has 0 aliphatic carbocycles. The molecule has 3 heterocycles. The Morgan fingerprint density at radius 1 is 1.07 bits per heavy atom. The first-order chi connectivity index (χ1) is 13.3. The van der Waals surface area contributed by atoms with Gasteiger partial charge in [-0.3, -0.25) is 9.58 Å². The molecule has 1 unspecified atom stereocenters. The zero-order valence-electron chi connectivity index (χ0n) is 15.8. The van der Waals surface area contributed by atoms with Crippen molar-refractivity contribution in [1.29, 1.82) is 0 Å². The van der Waals surface area contributed by atoms with Crippen molar-refractivity contribution in [2.75, 3.05) is 38.2 Å². The predicted octanol–water partition coefficient (Wildman–Crippen LogP) is 3.38. The summed E-state index contributed by atoms with van der Waals surface area (Å²) in [6.07, 6.45) is 4.66. The van der Waals surface area contributed by atoms with Crippen LogP contribution in [0.4, 0.5) is 5.69 Å². The molecule has 1 aromatic heterocycles. The van der Waals surface area contributed by atoms with Crippen molar-refractivity contribution >= 4 is 16.6 Å². The Hall–Kier alpha value is -2.53. The number of piperazine rings is 1. The average molecular weight is 362 g/mol. The molecule has 0 N–H and O–H groups in total. The van der Waals surface area contributed by atoms with E-state index in [0.717, 1.165) is 31.4 Å². The van der Waals surface area contributed by atoms with Crippen LogP contribution >= 0.6 is 0 Å². The number of aromatic nitrogens is 2. The van der Waals surface area contributed by atoms with Gasteiger partial charge in [-0.1, -0.05) is 12.1 Å². The second-order valence-electron chi connectivity index (χ2n) is 7.67. The molecule has 0 amide bonds. The molecule has 27 heavy (non-hydrogen) atoms. The largest absolute Gasteiger partial charge is 0.497 e. The van der Waals surface area contributed by atoms with Gasteiger partial charge in [0, 0.05) is 36.7 Å². The van der Waals surface area contributed by atoms with E-state index in [-0.39, 0.29) is 0 Å². The summed E-state index contributed by atoms with van der Waals surface area (Å²) in [5.74, 6) is 0.886. The minimum Gasteiger partial charge on any atom is -0.497 e. The van der Waals surface area contributed by atoms with Gasteiger partial charge < -0.3 is 9.64 Å². The molecular weight excluding hydrogens is 336 g/mol. The van der Waals surface area contributed by atoms with Gasteiger partial charge in [0.1, 0.15) is 5.75 Å². The number of benzene rings is 2. The fourth-order valence-electron chi connectivity index (χ4n) is 4.51. The lowest BCUT2D eigenvalue weighted by molar-refractivity contribution is 0.231. The maximum absolute atomic E-state index is 5.26. The molecule has 3 aromatic rings. The average Bonchev–Trinajstić information content (AvgIpc) is 3.34. The summed E-state index contributed by atoms with van der Waals surface area (Å²) in [5, 5.41) is 5.83. The number of nitrogens with zero attached hydrogens (tertiary/aromatic N) is 4. The van der Waals surface area contributed by atoms with Crippen molar-refractivity contribution in [3.05, 3.63) is 54.2 Å². The van der Waals surface area contributed by atoms with E-state index in [2.05, 4.69) is 49.9 Å². The van der Waals surface area contributed by atoms with Gasteiger partial charge in [0.15, 0.2) is 0 Å². The summed E-state index contributed by atoms with van der Waals surface area (Å²) in [5.41, 5.74) is 3.76. The van der Waals surface area contributed by atoms with Crippen molar-refractivity contribution in [2.45, 2.75) is 25.4 Å². The minimum atomic E-state index is 0.735. The highest BCUT2D eigenvalue weighted by Crippen LogP contribution is 2.28. The summed E-state index contributed by atoms with van der Waals surface area (Å²) in [6.45, 7) is 5.51. The topological polar surface area (TPSA) is 33.5 Å². The Bertz CT molecular complexity index is 933. The van der Waals surface area contributed by atoms with Crippen LogP contribution in [0.2, 0.25) is 0 Å². The smallest absolute Gasteiger partial charge is 0.118 e. The van der Waals surface area contributed by atoms with Gasteiger partial charge in [0.2, 0.25) is 0 Å². The van der Waals surface area contributed by atoms with E-state index in [9.17, 15) is 0 Å². The molecule has 2 fully saturated rings. The van der Waals surface area contributed by atoms with Crippen molar-refractivity contribution in [2.24, 2.45) is 0 Å². The SMILES string of the molecule is COc1ccc(Cn2ncc3ccc(N4CCN5CCCC5C4)cc32)cc1. The van der Waals surface area contributed by atoms with Crippen LogP contribution in [0.5, 0.6) is 5.75 Å². The number of anilines is 1. The highest BCUT2D eigenvalue weighted by atomic mass is 16.5. The summed E-state index contributed by atoms with van der Waals surface area (Å²) in [4.78, 5) is 5.21. The Morgan fingerprint density at radius 2 is 1.96 bits per heavy atom. The fourth-order valence-corrected chi connectivity index (χ4v) is 4.51. The van der Waals surface area contributed by atoms with Crippen LogP contribution in [-0.4, -0.2) is 54.0 Å². The molecule has 2 saturated heterocycles. The second-order valence-corrected chi connectivity index (χ2v) is 7.67. The molecular formula is C22H26N4O. The van der Waals surface area contributed by atoms with Crippen molar-refractivity contribution in [3.8, 4) is 5.75 Å². The van der Waals surface area contributed by atoms with Crippen LogP contribution in [0.3, 0.4) is 0 Å². The molecule has 140 valence electrons. The number of fused-ring (bicyclic) bond motifs is 2. The van der Waals surface area contributed by atoms with E-state index in [1.165, 1.54) is 48.1 Å². The van der Waals surface area contributed by atoms with Gasteiger partial charge in [-0.2, -0.15) is 5.10 Å². The number of methoxy groups -OCH3 is 1. The lowest BCUT2D eigenvalue weighted by Gasteiger charge is -2.38. The van der Waals surface area contributed by atoms with E-state index in [1.54, 1.807) is 7.11 Å². The lowest BCUT2D eigenvalue weighted by atomic mass is 10.1. The quantitative estimate of drug-likeness (QED) is 0.712. The van der Waals surface area contributed by atoms with Gasteiger partial charge in [-0.05, 0) is 55.3 Å². The Labute approximate surface area is 160 Å². The van der Waals surface area contributed by atoms with E-state index in [0.29, 0.717) is 0 Å². The zero-order chi connectivity index (χ0) is 18.2. The van der Waals surface area contributed by atoms with Crippen LogP contribution in [0.1, 0.15) is 18.4 Å². The first kappa shape index (κ1) is 16.6. The normalized spacial score (nSPS) is 20.2. The molecule has 0 bridgehead atoms. The van der Waals surface area contributed by atoms with Crippen LogP contribution in [0.25, 0.3) is 10.9 Å². The summed E-state index contributed by atoms with van der Waals surface area (Å²) >= 11 is 0. The maximum Gasteiger partial charge on any atom is 0.118 e. The molecule has 5 heteroatoms. The Morgan fingerprint density at radius 3 is 2.81 bits per heavy atom. The molecule has 2 aliphatic heterocycles. The number of ether oxygens (including phenoxy) is 1. The molecule has 5 rings (SSSR count). The molecule has 0 radical (unpaired) electrons. The first-order valence-electron chi connectivity index (χ1n) is 9.88. The molecule has 0 spiro atoms. The van der Waals surface area contributed by atoms with Crippen molar-refractivity contribution < 1.29 is 4.74 Å². The third-order valence-electron chi connectivity index (χ3n) is 6.07. The lowest BCUT2D eigenvalue weighted by Crippen LogP contribution is -2.50. The van der Waals surface area contributed by atoms with Crippen LogP contribution in [-0.2, 0) is 6.54 Å². The minimum absolute atomic E-state index is 0.735. The van der Waals surface area contributed by atoms with E-state index >= 15 is 0 Å². The standard InChI is InChI=1S/C22H26N4O/c1-27-21-8-4-17(5-9-21)15-26-22-13-19(7-6-18(22)14-23-26)25-12-11-24-10-2-3-20(24)16-25/h4-9,13-14,20H,2-3,10-12,15-16H2,1H3. The van der Waals surface area contributed by atoms with Crippen LogP contribution in [0.15, 0.2) is 48.7 Å². The van der Waals surface area contributed by atoms with Gasteiger partial charge in [0.05, 0.1) is 25.4 Å². The van der Waals surface area contributed by atoms with Gasteiger partial charge in [0.25, 0.3) is 0 Å². The van der Waals surface area contributed by atoms with Crippen molar-refractivity contribution in [3.63, 3.8) is 0 Å². The molecule has 2 aromatic carbocycles. The monoisotopic (exact) mass is 362 g/mol. The van der Waals surface area contributed by atoms with Gasteiger partial charge >= 0.3 is 0 Å². The highest BCUT2D eigenvalue weighted by Gasteiger charge is 2.30. The van der Waals surface area contributed by atoms with E-state index in [4.69, 9.17) is 4.74 Å². The third-order valence-corrected chi connectivity index (χ3v) is 6.07. The maximum atomic E-state index is 5.26. The zero-order valence-corrected chi connectivity index (χ0v) is 15.8. The highest BCUT2D eigenvalue weighted by molar-refractivity contribution is 5.82. The number of hydrogen-bond donors (Lipinski definition) is 0. The second kappa shape index (κ2) is 6.89. The predicted molar refractivity (Wildman–Crippen MR) is 109 cm³/mol. The van der Waals surface area contributed by atoms with Crippen LogP contribution < -0.4 is 9.64 Å². The third kappa shape index (κ3) is 3.16. The Kier molecular flexibility index (Phi) is 4.24. The summed E-state index contributed by atoms with van der Waals surface area (Å²) in [7, 11) is 1.70. The van der Waals surface area contributed by atoms with Crippen molar-refractivity contribution in [1.82, 2.24) is 14.7 Å². The van der Waals surface area contributed by atoms with E-state index < -0.39 is 0 Å². The van der Waals surface area contributed by atoms with Crippen LogP contribution in [0, 0.1) is 0 Å². The molecule has 5 nitrogen and oxygen atoms in total. The van der Waals surface area contributed by atoms with Gasteiger partial charge in [-0.15, -0.1) is 0 Å². The summed E-state index contributed by atoms with van der Waals surface area (Å²) in [6, 6.07) is 15.7. The summed E-state index contributed by atoms with van der Waals surface area (Å²) < 4.78 is 7.36.